The molecule has 1 amide bonds. The van der Waals surface area contributed by atoms with Crippen molar-refractivity contribution in [2.45, 2.75) is 32.8 Å². The molecule has 0 aliphatic heterocycles. The van der Waals surface area contributed by atoms with E-state index in [2.05, 4.69) is 5.32 Å². The molecule has 0 unspecified atom stereocenters. The van der Waals surface area contributed by atoms with Crippen molar-refractivity contribution >= 4 is 17.6 Å². The third-order valence-electron chi connectivity index (χ3n) is 4.81. The third kappa shape index (κ3) is 3.94. The first kappa shape index (κ1) is 18.1. The van der Waals surface area contributed by atoms with Crippen LogP contribution in [-0.2, 0) is 33.8 Å². The van der Waals surface area contributed by atoms with Gasteiger partial charge in [-0.1, -0.05) is 36.4 Å². The smallest absolute Gasteiger partial charge is 0.310 e. The molecule has 2 aromatic carbocycles. The Hall–Kier alpha value is -2.66. The number of aliphatic carboxylic acids is 1. The summed E-state index contributed by atoms with van der Waals surface area (Å²) in [6, 6.07) is 15.1. The second-order valence-corrected chi connectivity index (χ2v) is 6.77. The Balaban J connectivity index is 1.70. The van der Waals surface area contributed by atoms with E-state index in [1.54, 1.807) is 6.07 Å². The number of fused-ring (bicyclic) bond motifs is 1. The van der Waals surface area contributed by atoms with Crippen LogP contribution in [-0.4, -0.2) is 23.6 Å². The van der Waals surface area contributed by atoms with E-state index in [-0.39, 0.29) is 12.3 Å². The van der Waals surface area contributed by atoms with E-state index in [1.165, 1.54) is 0 Å². The van der Waals surface area contributed by atoms with Crippen molar-refractivity contribution in [1.29, 1.82) is 0 Å². The third-order valence-corrected chi connectivity index (χ3v) is 4.81. The van der Waals surface area contributed by atoms with Crippen molar-refractivity contribution in [3.05, 3.63) is 65.2 Å². The van der Waals surface area contributed by atoms with E-state index in [0.717, 1.165) is 16.7 Å². The molecule has 3 rings (SSSR count). The molecule has 0 radical (unpaired) electrons. The summed E-state index contributed by atoms with van der Waals surface area (Å²) in [5.74, 6) is -1.21. The van der Waals surface area contributed by atoms with E-state index in [9.17, 15) is 14.7 Å². The van der Waals surface area contributed by atoms with Crippen LogP contribution in [0.15, 0.2) is 48.5 Å². The number of carbonyl (C=O) groups is 2. The van der Waals surface area contributed by atoms with Gasteiger partial charge in [0.2, 0.25) is 5.91 Å². The van der Waals surface area contributed by atoms with Gasteiger partial charge in [0, 0.05) is 18.7 Å². The highest BCUT2D eigenvalue weighted by molar-refractivity contribution is 5.94. The Bertz CT molecular complexity index is 790. The molecule has 0 spiro atoms. The van der Waals surface area contributed by atoms with Crippen molar-refractivity contribution in [1.82, 2.24) is 0 Å². The van der Waals surface area contributed by atoms with Crippen LogP contribution in [0.2, 0.25) is 0 Å². The number of ether oxygens (including phenoxy) is 1. The second-order valence-electron chi connectivity index (χ2n) is 6.77. The quantitative estimate of drug-likeness (QED) is 0.800. The average molecular weight is 353 g/mol. The molecule has 1 aliphatic rings. The van der Waals surface area contributed by atoms with Crippen molar-refractivity contribution in [3.8, 4) is 0 Å². The van der Waals surface area contributed by atoms with Gasteiger partial charge in [-0.2, -0.15) is 0 Å². The van der Waals surface area contributed by atoms with Gasteiger partial charge >= 0.3 is 5.97 Å². The maximum atomic E-state index is 12.5. The van der Waals surface area contributed by atoms with Gasteiger partial charge in [0.15, 0.2) is 0 Å². The lowest BCUT2D eigenvalue weighted by molar-refractivity contribution is -0.150. The fraction of sp³-hybridized carbons (Fsp3) is 0.333. The molecule has 0 bridgehead atoms. The predicted molar refractivity (Wildman–Crippen MR) is 98.9 cm³/mol. The number of anilines is 1. The zero-order valence-electron chi connectivity index (χ0n) is 14.8. The highest BCUT2D eigenvalue weighted by atomic mass is 16.5. The molecule has 5 heteroatoms. The Morgan fingerprint density at radius 1 is 1.12 bits per heavy atom. The van der Waals surface area contributed by atoms with Crippen molar-refractivity contribution < 1.29 is 19.4 Å². The number of benzene rings is 2. The lowest BCUT2D eigenvalue weighted by Crippen LogP contribution is -2.36. The first-order chi connectivity index (χ1) is 12.5. The number of carbonyl (C=O) groups excluding carboxylic acids is 1. The summed E-state index contributed by atoms with van der Waals surface area (Å²) in [6.07, 6.45) is 0.722. The van der Waals surface area contributed by atoms with Gasteiger partial charge in [-0.15, -0.1) is 0 Å². The van der Waals surface area contributed by atoms with Crippen molar-refractivity contribution in [3.63, 3.8) is 0 Å². The summed E-state index contributed by atoms with van der Waals surface area (Å²) in [7, 11) is 0. The summed E-state index contributed by atoms with van der Waals surface area (Å²) in [6.45, 7) is 3.03. The molecule has 136 valence electrons. The predicted octanol–water partition coefficient (Wildman–Crippen LogP) is 3.42. The topological polar surface area (TPSA) is 75.6 Å². The SMILES string of the molecule is CCOCc1cccc(NC(=O)CC2(C(=O)O)Cc3ccccc3C2)c1. The second kappa shape index (κ2) is 7.70. The Kier molecular flexibility index (Phi) is 5.38. The van der Waals surface area contributed by atoms with Crippen LogP contribution in [0, 0.1) is 5.41 Å². The van der Waals surface area contributed by atoms with Crippen LogP contribution in [0.5, 0.6) is 0 Å². The van der Waals surface area contributed by atoms with E-state index in [0.29, 0.717) is 31.7 Å². The van der Waals surface area contributed by atoms with Crippen LogP contribution < -0.4 is 5.32 Å². The minimum Gasteiger partial charge on any atom is -0.481 e. The number of hydrogen-bond acceptors (Lipinski definition) is 3. The van der Waals surface area contributed by atoms with E-state index >= 15 is 0 Å². The summed E-state index contributed by atoms with van der Waals surface area (Å²) in [4.78, 5) is 24.5. The van der Waals surface area contributed by atoms with E-state index in [1.807, 2.05) is 49.4 Å². The Labute approximate surface area is 153 Å². The minimum atomic E-state index is -1.07. The zero-order valence-corrected chi connectivity index (χ0v) is 14.8. The van der Waals surface area contributed by atoms with Gasteiger partial charge in [-0.25, -0.2) is 0 Å². The molecule has 0 aromatic heterocycles. The number of nitrogens with one attached hydrogen (secondary N) is 1. The van der Waals surface area contributed by atoms with Crippen LogP contribution in [0.3, 0.4) is 0 Å². The fourth-order valence-corrected chi connectivity index (χ4v) is 3.52. The van der Waals surface area contributed by atoms with Crippen LogP contribution >= 0.6 is 0 Å². The molecule has 2 N–H and O–H groups in total. The normalized spacial score (nSPS) is 14.7. The van der Waals surface area contributed by atoms with Gasteiger partial charge in [0.25, 0.3) is 0 Å². The summed E-state index contributed by atoms with van der Waals surface area (Å²) in [5, 5.41) is 12.6. The standard InChI is InChI=1S/C21H23NO4/c1-2-26-14-15-6-5-9-18(10-15)22-19(23)13-21(20(24)25)11-16-7-3-4-8-17(16)12-21/h3-10H,2,11-14H2,1H3,(H,22,23)(H,24,25). The highest BCUT2D eigenvalue weighted by Gasteiger charge is 2.45. The summed E-state index contributed by atoms with van der Waals surface area (Å²) < 4.78 is 5.38. The lowest BCUT2D eigenvalue weighted by Gasteiger charge is -2.23. The van der Waals surface area contributed by atoms with Crippen LogP contribution in [0.4, 0.5) is 5.69 Å². The molecule has 0 fully saturated rings. The zero-order chi connectivity index (χ0) is 18.6. The van der Waals surface area contributed by atoms with Gasteiger partial charge < -0.3 is 15.2 Å². The van der Waals surface area contributed by atoms with Gasteiger partial charge in [-0.05, 0) is 48.6 Å². The Morgan fingerprint density at radius 3 is 2.42 bits per heavy atom. The maximum absolute atomic E-state index is 12.5. The first-order valence-electron chi connectivity index (χ1n) is 8.79. The average Bonchev–Trinajstić information content (AvgIpc) is 2.99. The molecule has 0 saturated carbocycles. The van der Waals surface area contributed by atoms with Crippen LogP contribution in [0.25, 0.3) is 0 Å². The van der Waals surface area contributed by atoms with Crippen molar-refractivity contribution in [2.75, 3.05) is 11.9 Å². The van der Waals surface area contributed by atoms with Crippen molar-refractivity contribution in [2.24, 2.45) is 5.41 Å². The minimum absolute atomic E-state index is 0.0489. The summed E-state index contributed by atoms with van der Waals surface area (Å²) >= 11 is 0. The van der Waals surface area contributed by atoms with E-state index < -0.39 is 11.4 Å². The van der Waals surface area contributed by atoms with E-state index in [4.69, 9.17) is 4.74 Å². The maximum Gasteiger partial charge on any atom is 0.310 e. The molecular weight excluding hydrogens is 330 g/mol. The lowest BCUT2D eigenvalue weighted by atomic mass is 9.81. The first-order valence-corrected chi connectivity index (χ1v) is 8.79. The molecule has 0 heterocycles. The fourth-order valence-electron chi connectivity index (χ4n) is 3.52. The molecule has 0 saturated heterocycles. The number of hydrogen-bond donors (Lipinski definition) is 2. The van der Waals surface area contributed by atoms with Gasteiger partial charge in [0.1, 0.15) is 0 Å². The highest BCUT2D eigenvalue weighted by Crippen LogP contribution is 2.40. The molecule has 1 aliphatic carbocycles. The number of amides is 1. The molecule has 2 aromatic rings. The Morgan fingerprint density at radius 2 is 1.81 bits per heavy atom. The number of rotatable bonds is 7. The monoisotopic (exact) mass is 353 g/mol. The molecule has 5 nitrogen and oxygen atoms in total. The summed E-state index contributed by atoms with van der Waals surface area (Å²) in [5.41, 5.74) is 2.58. The number of carboxylic acids is 1. The van der Waals surface area contributed by atoms with Gasteiger partial charge in [0.05, 0.1) is 12.0 Å². The van der Waals surface area contributed by atoms with Crippen LogP contribution in [0.1, 0.15) is 30.0 Å². The number of carboxylic acid groups (broad SMARTS) is 1. The molecule has 0 atom stereocenters. The molecular formula is C21H23NO4. The molecule has 26 heavy (non-hydrogen) atoms. The largest absolute Gasteiger partial charge is 0.481 e. The van der Waals surface area contributed by atoms with Gasteiger partial charge in [-0.3, -0.25) is 9.59 Å².